The molecule has 0 N–H and O–H groups in total. The van der Waals surface area contributed by atoms with Crippen molar-refractivity contribution in [1.82, 2.24) is 0 Å². The normalized spacial score (nSPS) is 19.8. The molecule has 0 radical (unpaired) electrons. The number of rotatable bonds is 10. The molecule has 0 spiro atoms. The summed E-state index contributed by atoms with van der Waals surface area (Å²) in [5, 5.41) is 0. The molecule has 2 aliphatic carbocycles. The first kappa shape index (κ1) is 19.2. The summed E-state index contributed by atoms with van der Waals surface area (Å²) in [5.74, 6) is 1.65. The summed E-state index contributed by atoms with van der Waals surface area (Å²) < 4.78 is 3.77. The summed E-state index contributed by atoms with van der Waals surface area (Å²) in [5.41, 5.74) is 3.51. The Kier molecular flexibility index (Phi) is 8.31. The molecule has 1 heteroatoms. The summed E-state index contributed by atoms with van der Waals surface area (Å²) in [6, 6.07) is 0. The molecule has 0 aromatic rings. The van der Waals surface area contributed by atoms with Crippen LogP contribution in [0.2, 0.25) is 0 Å². The summed E-state index contributed by atoms with van der Waals surface area (Å²) in [4.78, 5) is 0. The molecule has 0 amide bonds. The molecule has 0 bridgehead atoms. The molecule has 2 unspecified atom stereocenters. The molecular weight excluding hydrogens is 355 g/mol. The Bertz CT molecular complexity index is 458. The van der Waals surface area contributed by atoms with E-state index in [1.165, 1.54) is 51.4 Å². The van der Waals surface area contributed by atoms with Crippen molar-refractivity contribution >= 4 is 0 Å². The van der Waals surface area contributed by atoms with Gasteiger partial charge in [-0.05, 0) is 0 Å². The van der Waals surface area contributed by atoms with E-state index in [2.05, 4.69) is 52.0 Å². The van der Waals surface area contributed by atoms with Crippen LogP contribution in [0, 0.1) is 11.8 Å². The van der Waals surface area contributed by atoms with E-state index in [-0.39, 0.29) is 0 Å². The Morgan fingerprint density at radius 2 is 1.22 bits per heavy atom. The van der Waals surface area contributed by atoms with E-state index >= 15 is 0 Å². The molecule has 0 saturated carbocycles. The van der Waals surface area contributed by atoms with Crippen molar-refractivity contribution in [3.63, 3.8) is 0 Å². The van der Waals surface area contributed by atoms with Gasteiger partial charge in [0.15, 0.2) is 0 Å². The predicted octanol–water partition coefficient (Wildman–Crippen LogP) is 7.15. The third-order valence-corrected chi connectivity index (χ3v) is 9.28. The molecule has 0 aromatic carbocycles. The fourth-order valence-corrected chi connectivity index (χ4v) is 8.19. The van der Waals surface area contributed by atoms with Crippen LogP contribution in [0.5, 0.6) is 0 Å². The Morgan fingerprint density at radius 3 is 1.57 bits per heavy atom. The zero-order valence-corrected chi connectivity index (χ0v) is 18.1. The van der Waals surface area contributed by atoms with Gasteiger partial charge in [0, 0.05) is 0 Å². The molecule has 0 saturated heterocycles. The van der Waals surface area contributed by atoms with Crippen LogP contribution in [0.4, 0.5) is 0 Å². The van der Waals surface area contributed by atoms with Crippen LogP contribution in [0.15, 0.2) is 42.0 Å². The first-order valence-corrected chi connectivity index (χ1v) is 12.3. The Hall–Kier alpha value is -0.157. The van der Waals surface area contributed by atoms with Gasteiger partial charge in [0.2, 0.25) is 0 Å². The fourth-order valence-electron chi connectivity index (χ4n) is 4.09. The zero-order chi connectivity index (χ0) is 16.7. The Morgan fingerprint density at radius 1 is 0.783 bits per heavy atom. The first-order chi connectivity index (χ1) is 11.2. The van der Waals surface area contributed by atoms with Crippen molar-refractivity contribution in [3.05, 3.63) is 42.0 Å². The maximum absolute atomic E-state index is 2.48. The van der Waals surface area contributed by atoms with Gasteiger partial charge >= 0.3 is 156 Å². The molecule has 2 atom stereocenters. The van der Waals surface area contributed by atoms with Gasteiger partial charge in [0.25, 0.3) is 0 Å². The monoisotopic (exact) mass is 388 g/mol. The van der Waals surface area contributed by atoms with E-state index in [1.807, 2.05) is 6.56 Å². The van der Waals surface area contributed by atoms with E-state index < -0.39 is 23.2 Å². The van der Waals surface area contributed by atoms with Gasteiger partial charge in [-0.15, -0.1) is 0 Å². The van der Waals surface area contributed by atoms with Crippen LogP contribution in [0.1, 0.15) is 79.1 Å². The second-order valence-corrected chi connectivity index (χ2v) is 10.6. The SMILES string of the molecule is CCCC(CC)C1=[C]([Zr][C]2=C(C(CC)CCC)C=CC2)CC=C1. The molecule has 0 nitrogen and oxygen atoms in total. The molecule has 2 aliphatic rings. The summed E-state index contributed by atoms with van der Waals surface area (Å²) >= 11 is -0.562. The summed E-state index contributed by atoms with van der Waals surface area (Å²) in [7, 11) is 0. The second-order valence-electron chi connectivity index (χ2n) is 6.99. The third kappa shape index (κ3) is 4.91. The standard InChI is InChI=1S/2C11H17.Zr/c2*1-3-7-10(4-2)11-8-5-6-9-11;/h2*5,8,10H,3-4,6-7H2,1-2H3;. The number of hydrogen-bond acceptors (Lipinski definition) is 0. The van der Waals surface area contributed by atoms with Crippen molar-refractivity contribution in [2.75, 3.05) is 0 Å². The van der Waals surface area contributed by atoms with E-state index in [9.17, 15) is 0 Å². The Balaban J connectivity index is 2.19. The minimum absolute atomic E-state index is 0.562. The number of allylic oxidation sites excluding steroid dienone is 8. The molecule has 0 heterocycles. The molecule has 2 rings (SSSR count). The van der Waals surface area contributed by atoms with Gasteiger partial charge in [-0.2, -0.15) is 0 Å². The van der Waals surface area contributed by atoms with Crippen LogP contribution >= 0.6 is 0 Å². The molecule has 0 fully saturated rings. The van der Waals surface area contributed by atoms with Gasteiger partial charge in [-0.1, -0.05) is 0 Å². The molecule has 0 aromatic heterocycles. The molecule has 126 valence electrons. The minimum atomic E-state index is -0.562. The number of hydrogen-bond donors (Lipinski definition) is 0. The Labute approximate surface area is 155 Å². The van der Waals surface area contributed by atoms with Crippen LogP contribution in [0.3, 0.4) is 0 Å². The average molecular weight is 390 g/mol. The molecule has 23 heavy (non-hydrogen) atoms. The quantitative estimate of drug-likeness (QED) is 0.372. The van der Waals surface area contributed by atoms with E-state index in [0.29, 0.717) is 0 Å². The first-order valence-electron chi connectivity index (χ1n) is 9.81. The van der Waals surface area contributed by atoms with Crippen molar-refractivity contribution in [2.24, 2.45) is 11.8 Å². The van der Waals surface area contributed by atoms with Crippen LogP contribution in [-0.4, -0.2) is 0 Å². The van der Waals surface area contributed by atoms with Crippen molar-refractivity contribution in [2.45, 2.75) is 79.1 Å². The van der Waals surface area contributed by atoms with Gasteiger partial charge in [-0.3, -0.25) is 0 Å². The average Bonchev–Trinajstić information content (AvgIpc) is 3.20. The third-order valence-electron chi connectivity index (χ3n) is 5.38. The van der Waals surface area contributed by atoms with E-state index in [4.69, 9.17) is 0 Å². The van der Waals surface area contributed by atoms with Crippen LogP contribution in [0.25, 0.3) is 0 Å². The van der Waals surface area contributed by atoms with Gasteiger partial charge < -0.3 is 0 Å². The fraction of sp³-hybridized carbons (Fsp3) is 0.636. The topological polar surface area (TPSA) is 0 Å². The molecular formula is C22H34Zr. The van der Waals surface area contributed by atoms with Crippen molar-refractivity contribution < 1.29 is 23.2 Å². The summed E-state index contributed by atoms with van der Waals surface area (Å²) in [6.07, 6.45) is 20.4. The zero-order valence-electron chi connectivity index (χ0n) is 15.6. The van der Waals surface area contributed by atoms with E-state index in [0.717, 1.165) is 11.8 Å². The summed E-state index contributed by atoms with van der Waals surface area (Å²) in [6.45, 7) is 9.41. The molecule has 0 aliphatic heterocycles. The van der Waals surface area contributed by atoms with E-state index in [1.54, 1.807) is 11.1 Å². The van der Waals surface area contributed by atoms with Crippen molar-refractivity contribution in [1.29, 1.82) is 0 Å². The van der Waals surface area contributed by atoms with Gasteiger partial charge in [-0.25, -0.2) is 0 Å². The van der Waals surface area contributed by atoms with Crippen LogP contribution < -0.4 is 0 Å². The van der Waals surface area contributed by atoms with Crippen molar-refractivity contribution in [3.8, 4) is 0 Å². The second kappa shape index (κ2) is 9.98. The maximum atomic E-state index is 2.48. The van der Waals surface area contributed by atoms with Gasteiger partial charge in [0.05, 0.1) is 0 Å². The van der Waals surface area contributed by atoms with Gasteiger partial charge in [0.1, 0.15) is 0 Å². The van der Waals surface area contributed by atoms with Crippen LogP contribution in [-0.2, 0) is 23.2 Å². The predicted molar refractivity (Wildman–Crippen MR) is 98.9 cm³/mol.